The molecule has 0 unspecified atom stereocenters. The molecule has 1 heterocycles. The fraction of sp³-hybridized carbons (Fsp3) is 0.0667. The topological polar surface area (TPSA) is 88.2 Å². The Balaban J connectivity index is 2.17. The van der Waals surface area contributed by atoms with Gasteiger partial charge < -0.3 is 16.2 Å². The van der Waals surface area contributed by atoms with E-state index in [2.05, 4.69) is 38.1 Å². The second-order valence-electron chi connectivity index (χ2n) is 4.03. The Morgan fingerprint density at radius 1 is 1.38 bits per heavy atom. The molecule has 1 aromatic carbocycles. The lowest BCUT2D eigenvalue weighted by Crippen LogP contribution is -2.13. The van der Waals surface area contributed by atoms with Gasteiger partial charge in [-0.2, -0.15) is 0 Å². The molecule has 0 saturated heterocycles. The maximum absolute atomic E-state index is 12.1. The highest BCUT2D eigenvalue weighted by Gasteiger charge is 2.09. The summed E-state index contributed by atoms with van der Waals surface area (Å²) in [6.45, 7) is 0.246. The van der Waals surface area contributed by atoms with Crippen molar-refractivity contribution in [3.8, 4) is 17.6 Å². The van der Waals surface area contributed by atoms with E-state index in [0.29, 0.717) is 21.5 Å². The Bertz CT molecular complexity index is 735. The lowest BCUT2D eigenvalue weighted by atomic mass is 10.2. The van der Waals surface area contributed by atoms with Crippen LogP contribution in [0.1, 0.15) is 16.1 Å². The zero-order chi connectivity index (χ0) is 15.2. The standard InChI is InChI=1S/C15H12BrN3O2/c16-12-7-6-10(9-13(12)20)15(21)19-14-5-1-3-11(18-14)4-2-8-17/h1,3,5-7,9,20H,8,17H2,(H,18,19,21). The van der Waals surface area contributed by atoms with Crippen molar-refractivity contribution in [2.75, 3.05) is 11.9 Å². The number of rotatable bonds is 2. The van der Waals surface area contributed by atoms with Gasteiger partial charge in [0.15, 0.2) is 0 Å². The van der Waals surface area contributed by atoms with E-state index in [1.165, 1.54) is 6.07 Å². The summed E-state index contributed by atoms with van der Waals surface area (Å²) in [5, 5.41) is 12.2. The summed E-state index contributed by atoms with van der Waals surface area (Å²) in [6.07, 6.45) is 0. The Kier molecular flexibility index (Phi) is 4.93. The van der Waals surface area contributed by atoms with Gasteiger partial charge in [-0.05, 0) is 52.2 Å². The first-order valence-corrected chi connectivity index (χ1v) is 6.85. The predicted octanol–water partition coefficient (Wildman–Crippen LogP) is 2.11. The minimum atomic E-state index is -0.366. The third-order valence-corrected chi connectivity index (χ3v) is 3.19. The number of aromatic hydroxyl groups is 1. The number of nitrogens with zero attached hydrogens (tertiary/aromatic N) is 1. The summed E-state index contributed by atoms with van der Waals surface area (Å²) in [4.78, 5) is 16.3. The normalized spacial score (nSPS) is 9.62. The fourth-order valence-electron chi connectivity index (χ4n) is 1.56. The van der Waals surface area contributed by atoms with Crippen molar-refractivity contribution in [1.82, 2.24) is 4.98 Å². The van der Waals surface area contributed by atoms with E-state index < -0.39 is 0 Å². The maximum Gasteiger partial charge on any atom is 0.256 e. The van der Waals surface area contributed by atoms with Gasteiger partial charge in [0.05, 0.1) is 11.0 Å². The van der Waals surface area contributed by atoms with Crippen LogP contribution in [0, 0.1) is 11.8 Å². The van der Waals surface area contributed by atoms with Crippen LogP contribution in [0.2, 0.25) is 0 Å². The molecule has 1 aromatic heterocycles. The number of phenols is 1. The smallest absolute Gasteiger partial charge is 0.256 e. The summed E-state index contributed by atoms with van der Waals surface area (Å²) in [5.41, 5.74) is 6.15. The number of phenolic OH excluding ortho intramolecular Hbond substituents is 1. The van der Waals surface area contributed by atoms with E-state index in [9.17, 15) is 9.90 Å². The molecule has 0 spiro atoms. The molecule has 0 fully saturated rings. The van der Waals surface area contributed by atoms with Crippen molar-refractivity contribution in [3.05, 3.63) is 52.1 Å². The van der Waals surface area contributed by atoms with Crippen molar-refractivity contribution >= 4 is 27.7 Å². The predicted molar refractivity (Wildman–Crippen MR) is 83.9 cm³/mol. The number of nitrogens with one attached hydrogen (secondary N) is 1. The Labute approximate surface area is 130 Å². The van der Waals surface area contributed by atoms with Gasteiger partial charge in [-0.25, -0.2) is 4.98 Å². The summed E-state index contributed by atoms with van der Waals surface area (Å²) < 4.78 is 0.524. The van der Waals surface area contributed by atoms with Crippen LogP contribution in [0.4, 0.5) is 5.82 Å². The first kappa shape index (κ1) is 15.0. The Morgan fingerprint density at radius 2 is 2.19 bits per heavy atom. The molecule has 5 nitrogen and oxygen atoms in total. The molecular weight excluding hydrogens is 334 g/mol. The number of benzene rings is 1. The van der Waals surface area contributed by atoms with Crippen LogP contribution in [-0.4, -0.2) is 22.5 Å². The molecule has 0 aliphatic rings. The second-order valence-corrected chi connectivity index (χ2v) is 4.89. The Hall–Kier alpha value is -2.36. The number of nitrogens with two attached hydrogens (primary N) is 1. The van der Waals surface area contributed by atoms with E-state index in [0.717, 1.165) is 0 Å². The highest BCUT2D eigenvalue weighted by atomic mass is 79.9. The maximum atomic E-state index is 12.1. The highest BCUT2D eigenvalue weighted by molar-refractivity contribution is 9.10. The number of amides is 1. The van der Waals surface area contributed by atoms with Crippen LogP contribution >= 0.6 is 15.9 Å². The molecule has 0 atom stereocenters. The van der Waals surface area contributed by atoms with Crippen molar-refractivity contribution in [3.63, 3.8) is 0 Å². The van der Waals surface area contributed by atoms with Crippen LogP contribution < -0.4 is 11.1 Å². The number of pyridine rings is 1. The third kappa shape index (κ3) is 4.05. The van der Waals surface area contributed by atoms with Crippen LogP contribution in [0.25, 0.3) is 0 Å². The largest absolute Gasteiger partial charge is 0.507 e. The van der Waals surface area contributed by atoms with Crippen LogP contribution in [0.3, 0.4) is 0 Å². The lowest BCUT2D eigenvalue weighted by molar-refractivity contribution is 0.102. The summed E-state index contributed by atoms with van der Waals surface area (Å²) in [6, 6.07) is 9.69. The lowest BCUT2D eigenvalue weighted by Gasteiger charge is -2.06. The van der Waals surface area contributed by atoms with Crippen molar-refractivity contribution in [2.24, 2.45) is 5.73 Å². The average Bonchev–Trinajstić information content (AvgIpc) is 2.48. The summed E-state index contributed by atoms with van der Waals surface area (Å²) >= 11 is 3.16. The van der Waals surface area contributed by atoms with Crippen molar-refractivity contribution in [1.29, 1.82) is 0 Å². The average molecular weight is 346 g/mol. The molecule has 0 aliphatic carbocycles. The number of carbonyl (C=O) groups is 1. The molecule has 106 valence electrons. The van der Waals surface area contributed by atoms with E-state index in [-0.39, 0.29) is 18.2 Å². The van der Waals surface area contributed by atoms with E-state index >= 15 is 0 Å². The molecule has 2 rings (SSSR count). The molecule has 2 aromatic rings. The Morgan fingerprint density at radius 3 is 2.90 bits per heavy atom. The monoisotopic (exact) mass is 345 g/mol. The second kappa shape index (κ2) is 6.88. The third-order valence-electron chi connectivity index (χ3n) is 2.52. The number of aromatic nitrogens is 1. The number of anilines is 1. The molecule has 1 amide bonds. The highest BCUT2D eigenvalue weighted by Crippen LogP contribution is 2.24. The van der Waals surface area contributed by atoms with Crippen molar-refractivity contribution < 1.29 is 9.90 Å². The molecule has 4 N–H and O–H groups in total. The van der Waals surface area contributed by atoms with Gasteiger partial charge >= 0.3 is 0 Å². The number of hydrogen-bond acceptors (Lipinski definition) is 4. The summed E-state index contributed by atoms with van der Waals surface area (Å²) in [5.74, 6) is 5.50. The van der Waals surface area contributed by atoms with E-state index in [4.69, 9.17) is 5.73 Å². The molecule has 0 bridgehead atoms. The molecule has 0 saturated carbocycles. The first-order valence-electron chi connectivity index (χ1n) is 6.06. The van der Waals surface area contributed by atoms with Gasteiger partial charge in [0.25, 0.3) is 5.91 Å². The van der Waals surface area contributed by atoms with E-state index in [1.54, 1.807) is 30.3 Å². The minimum absolute atomic E-state index is 0.00169. The van der Waals surface area contributed by atoms with Gasteiger partial charge in [0.2, 0.25) is 0 Å². The van der Waals surface area contributed by atoms with Gasteiger partial charge in [-0.15, -0.1) is 0 Å². The SMILES string of the molecule is NCC#Cc1cccc(NC(=O)c2ccc(Br)c(O)c2)n1. The quantitative estimate of drug-likeness (QED) is 0.727. The van der Waals surface area contributed by atoms with Crippen LogP contribution in [-0.2, 0) is 0 Å². The zero-order valence-electron chi connectivity index (χ0n) is 10.9. The van der Waals surface area contributed by atoms with Gasteiger partial charge in [0.1, 0.15) is 17.3 Å². The van der Waals surface area contributed by atoms with Crippen LogP contribution in [0.15, 0.2) is 40.9 Å². The number of hydrogen-bond donors (Lipinski definition) is 3. The summed E-state index contributed by atoms with van der Waals surface area (Å²) in [7, 11) is 0. The molecular formula is C15H12BrN3O2. The van der Waals surface area contributed by atoms with Crippen molar-refractivity contribution in [2.45, 2.75) is 0 Å². The fourth-order valence-corrected chi connectivity index (χ4v) is 1.80. The number of halogens is 1. The molecule has 21 heavy (non-hydrogen) atoms. The molecule has 0 radical (unpaired) electrons. The molecule has 0 aliphatic heterocycles. The van der Waals surface area contributed by atoms with Gasteiger partial charge in [0, 0.05) is 5.56 Å². The number of carbonyl (C=O) groups excluding carboxylic acids is 1. The zero-order valence-corrected chi connectivity index (χ0v) is 12.5. The molecule has 6 heteroatoms. The first-order chi connectivity index (χ1) is 10.1. The van der Waals surface area contributed by atoms with Crippen LogP contribution in [0.5, 0.6) is 5.75 Å². The van der Waals surface area contributed by atoms with Gasteiger partial charge in [-0.3, -0.25) is 4.79 Å². The van der Waals surface area contributed by atoms with Gasteiger partial charge in [-0.1, -0.05) is 12.0 Å². The van der Waals surface area contributed by atoms with E-state index in [1.807, 2.05) is 0 Å². The minimum Gasteiger partial charge on any atom is -0.507 e.